The minimum atomic E-state index is 0.588. The first-order valence-electron chi connectivity index (χ1n) is 6.53. The number of nitrogens with two attached hydrogens (primary N) is 1. The van der Waals surface area contributed by atoms with Crippen molar-refractivity contribution in [1.82, 2.24) is 4.98 Å². The molecule has 3 heteroatoms. The van der Waals surface area contributed by atoms with Crippen molar-refractivity contribution in [3.63, 3.8) is 0 Å². The van der Waals surface area contributed by atoms with Crippen LogP contribution in [0.1, 0.15) is 11.1 Å². The summed E-state index contributed by atoms with van der Waals surface area (Å²) in [5, 5.41) is 1.01. The molecule has 0 spiro atoms. The number of aryl methyl sites for hydroxylation is 2. The van der Waals surface area contributed by atoms with E-state index >= 15 is 0 Å². The first-order valence-corrected chi connectivity index (χ1v) is 6.53. The molecule has 0 unspecified atom stereocenters. The van der Waals surface area contributed by atoms with Gasteiger partial charge in [0.15, 0.2) is 0 Å². The van der Waals surface area contributed by atoms with Gasteiger partial charge >= 0.3 is 0 Å². The standard InChI is InChI=1S/C17H16N2O/c1-11-3-6-15(9-12(11)2)20-17-8-4-13-10-14(18)5-7-16(13)19-17/h3-10H,18H2,1-2H3. The van der Waals surface area contributed by atoms with Crippen LogP contribution >= 0.6 is 0 Å². The number of pyridine rings is 1. The summed E-state index contributed by atoms with van der Waals surface area (Å²) in [7, 11) is 0. The molecule has 0 amide bonds. The first kappa shape index (κ1) is 12.5. The van der Waals surface area contributed by atoms with Crippen molar-refractivity contribution >= 4 is 16.6 Å². The molecule has 1 aromatic heterocycles. The van der Waals surface area contributed by atoms with E-state index in [0.717, 1.165) is 22.3 Å². The number of hydrogen-bond donors (Lipinski definition) is 1. The van der Waals surface area contributed by atoms with Crippen LogP contribution in [0.15, 0.2) is 48.5 Å². The molecule has 100 valence electrons. The summed E-state index contributed by atoms with van der Waals surface area (Å²) in [6.45, 7) is 4.15. The van der Waals surface area contributed by atoms with Gasteiger partial charge in [0, 0.05) is 17.1 Å². The van der Waals surface area contributed by atoms with E-state index in [0.29, 0.717) is 5.88 Å². The Balaban J connectivity index is 1.94. The second kappa shape index (κ2) is 4.85. The zero-order valence-corrected chi connectivity index (χ0v) is 11.6. The predicted molar refractivity (Wildman–Crippen MR) is 82.1 cm³/mol. The molecule has 2 N–H and O–H groups in total. The largest absolute Gasteiger partial charge is 0.439 e. The molecule has 20 heavy (non-hydrogen) atoms. The smallest absolute Gasteiger partial charge is 0.219 e. The summed E-state index contributed by atoms with van der Waals surface area (Å²) in [5.74, 6) is 1.39. The second-order valence-electron chi connectivity index (χ2n) is 4.95. The van der Waals surface area contributed by atoms with Crippen molar-refractivity contribution in [2.75, 3.05) is 5.73 Å². The van der Waals surface area contributed by atoms with Crippen LogP contribution < -0.4 is 10.5 Å². The van der Waals surface area contributed by atoms with Gasteiger partial charge in [-0.1, -0.05) is 6.07 Å². The van der Waals surface area contributed by atoms with Crippen LogP contribution in [0.2, 0.25) is 0 Å². The van der Waals surface area contributed by atoms with Gasteiger partial charge in [0.1, 0.15) is 5.75 Å². The summed E-state index contributed by atoms with van der Waals surface area (Å²) in [5.41, 5.74) is 9.82. The van der Waals surface area contributed by atoms with Crippen molar-refractivity contribution in [1.29, 1.82) is 0 Å². The van der Waals surface area contributed by atoms with E-state index in [9.17, 15) is 0 Å². The topological polar surface area (TPSA) is 48.1 Å². The van der Waals surface area contributed by atoms with Crippen LogP contribution in [-0.4, -0.2) is 4.98 Å². The van der Waals surface area contributed by atoms with Gasteiger partial charge in [-0.15, -0.1) is 0 Å². The van der Waals surface area contributed by atoms with Crippen LogP contribution in [0.5, 0.6) is 11.6 Å². The lowest BCUT2D eigenvalue weighted by atomic mass is 10.1. The van der Waals surface area contributed by atoms with Crippen LogP contribution in [-0.2, 0) is 0 Å². The number of aromatic nitrogens is 1. The molecule has 0 aliphatic heterocycles. The monoisotopic (exact) mass is 264 g/mol. The van der Waals surface area contributed by atoms with Gasteiger partial charge in [-0.3, -0.25) is 0 Å². The maximum absolute atomic E-state index is 5.81. The number of nitrogens with zero attached hydrogens (tertiary/aromatic N) is 1. The third-order valence-corrected chi connectivity index (χ3v) is 3.39. The second-order valence-corrected chi connectivity index (χ2v) is 4.95. The van der Waals surface area contributed by atoms with Gasteiger partial charge in [-0.2, -0.15) is 0 Å². The van der Waals surface area contributed by atoms with Gasteiger partial charge in [0.25, 0.3) is 0 Å². The predicted octanol–water partition coefficient (Wildman–Crippen LogP) is 4.23. The Morgan fingerprint density at radius 3 is 2.55 bits per heavy atom. The lowest BCUT2D eigenvalue weighted by Crippen LogP contribution is -1.91. The molecule has 0 saturated heterocycles. The Kier molecular flexibility index (Phi) is 3.03. The number of benzene rings is 2. The van der Waals surface area contributed by atoms with Gasteiger partial charge in [0.2, 0.25) is 5.88 Å². The highest BCUT2D eigenvalue weighted by Gasteiger charge is 2.03. The quantitative estimate of drug-likeness (QED) is 0.705. The van der Waals surface area contributed by atoms with E-state index in [1.165, 1.54) is 11.1 Å². The van der Waals surface area contributed by atoms with Gasteiger partial charge in [-0.25, -0.2) is 4.98 Å². The molecule has 0 aliphatic carbocycles. The maximum atomic E-state index is 5.81. The summed E-state index contributed by atoms with van der Waals surface area (Å²) >= 11 is 0. The molecule has 0 atom stereocenters. The van der Waals surface area contributed by atoms with E-state index in [1.54, 1.807) is 0 Å². The van der Waals surface area contributed by atoms with Gasteiger partial charge < -0.3 is 10.5 Å². The first-order chi connectivity index (χ1) is 9.61. The van der Waals surface area contributed by atoms with Crippen LogP contribution in [0.4, 0.5) is 5.69 Å². The minimum Gasteiger partial charge on any atom is -0.439 e. The van der Waals surface area contributed by atoms with Crippen molar-refractivity contribution in [2.24, 2.45) is 0 Å². The Bertz CT molecular complexity index is 781. The lowest BCUT2D eigenvalue weighted by Gasteiger charge is -2.08. The van der Waals surface area contributed by atoms with Crippen molar-refractivity contribution in [2.45, 2.75) is 13.8 Å². The number of rotatable bonds is 2. The SMILES string of the molecule is Cc1ccc(Oc2ccc3cc(N)ccc3n2)cc1C. The lowest BCUT2D eigenvalue weighted by molar-refractivity contribution is 0.464. The normalized spacial score (nSPS) is 10.7. The number of ether oxygens (including phenoxy) is 1. The fourth-order valence-electron chi connectivity index (χ4n) is 2.08. The summed E-state index contributed by atoms with van der Waals surface area (Å²) in [4.78, 5) is 4.49. The molecule has 0 radical (unpaired) electrons. The summed E-state index contributed by atoms with van der Waals surface area (Å²) in [6, 6.07) is 15.5. The Morgan fingerprint density at radius 2 is 1.75 bits per heavy atom. The van der Waals surface area contributed by atoms with E-state index in [2.05, 4.69) is 18.8 Å². The molecule has 3 nitrogen and oxygen atoms in total. The van der Waals surface area contributed by atoms with E-state index < -0.39 is 0 Å². The molecule has 0 aliphatic rings. The molecule has 2 aromatic carbocycles. The maximum Gasteiger partial charge on any atom is 0.219 e. The van der Waals surface area contributed by atoms with Crippen LogP contribution in [0.3, 0.4) is 0 Å². The van der Waals surface area contributed by atoms with Crippen LogP contribution in [0.25, 0.3) is 10.9 Å². The molecular weight excluding hydrogens is 248 g/mol. The number of anilines is 1. The fraction of sp³-hybridized carbons (Fsp3) is 0.118. The third kappa shape index (κ3) is 2.43. The van der Waals surface area contributed by atoms with Gasteiger partial charge in [0.05, 0.1) is 5.52 Å². The Labute approximate surface area is 118 Å². The van der Waals surface area contributed by atoms with Crippen molar-refractivity contribution in [3.05, 3.63) is 59.7 Å². The minimum absolute atomic E-state index is 0.588. The third-order valence-electron chi connectivity index (χ3n) is 3.39. The zero-order chi connectivity index (χ0) is 14.1. The molecular formula is C17H16N2O. The van der Waals surface area contributed by atoms with E-state index in [4.69, 9.17) is 10.5 Å². The number of nitrogen functional groups attached to an aromatic ring is 1. The average Bonchev–Trinajstić information content (AvgIpc) is 2.43. The highest BCUT2D eigenvalue weighted by molar-refractivity contribution is 5.82. The van der Waals surface area contributed by atoms with E-state index in [-0.39, 0.29) is 0 Å². The molecule has 0 fully saturated rings. The fourth-order valence-corrected chi connectivity index (χ4v) is 2.08. The Morgan fingerprint density at radius 1 is 0.900 bits per heavy atom. The Hall–Kier alpha value is -2.55. The summed E-state index contributed by atoms with van der Waals surface area (Å²) < 4.78 is 5.81. The average molecular weight is 264 g/mol. The highest BCUT2D eigenvalue weighted by atomic mass is 16.5. The van der Waals surface area contributed by atoms with Crippen LogP contribution in [0, 0.1) is 13.8 Å². The van der Waals surface area contributed by atoms with E-state index in [1.807, 2.05) is 48.5 Å². The molecule has 3 rings (SSSR count). The van der Waals surface area contributed by atoms with Crippen molar-refractivity contribution < 1.29 is 4.74 Å². The molecule has 0 saturated carbocycles. The van der Waals surface area contributed by atoms with Gasteiger partial charge in [-0.05, 0) is 61.4 Å². The van der Waals surface area contributed by atoms with Crippen molar-refractivity contribution in [3.8, 4) is 11.6 Å². The molecule has 0 bridgehead atoms. The number of hydrogen-bond acceptors (Lipinski definition) is 3. The highest BCUT2D eigenvalue weighted by Crippen LogP contribution is 2.25. The zero-order valence-electron chi connectivity index (χ0n) is 11.6. The molecule has 3 aromatic rings. The molecule has 1 heterocycles. The summed E-state index contributed by atoms with van der Waals surface area (Å²) in [6.07, 6.45) is 0. The number of fused-ring (bicyclic) bond motifs is 1.